The molecule has 0 heterocycles. The van der Waals surface area contributed by atoms with Gasteiger partial charge in [-0.2, -0.15) is 0 Å². The van der Waals surface area contributed by atoms with Gasteiger partial charge in [-0.25, -0.2) is 0 Å². The number of carbonyl (C=O) groups is 1. The summed E-state index contributed by atoms with van der Waals surface area (Å²) in [5, 5.41) is 12.6. The van der Waals surface area contributed by atoms with Crippen LogP contribution in [-0.2, 0) is 0 Å². The molecule has 17 heavy (non-hydrogen) atoms. The molecule has 0 radical (unpaired) electrons. The van der Waals surface area contributed by atoms with Crippen LogP contribution in [0.2, 0.25) is 0 Å². The highest BCUT2D eigenvalue weighted by Gasteiger charge is 2.24. The van der Waals surface area contributed by atoms with E-state index in [1.807, 2.05) is 0 Å². The van der Waals surface area contributed by atoms with Gasteiger partial charge in [0.25, 0.3) is 5.91 Å². The number of aliphatic hydroxyl groups is 1. The molecule has 1 fully saturated rings. The van der Waals surface area contributed by atoms with Crippen molar-refractivity contribution in [3.63, 3.8) is 0 Å². The average Bonchev–Trinajstić information content (AvgIpc) is 2.33. The quantitative estimate of drug-likeness (QED) is 0.675. The molecule has 92 valence electrons. The van der Waals surface area contributed by atoms with Gasteiger partial charge in [-0.1, -0.05) is 12.8 Å². The van der Waals surface area contributed by atoms with E-state index in [2.05, 4.69) is 5.32 Å². The highest BCUT2D eigenvalue weighted by Crippen LogP contribution is 2.18. The van der Waals surface area contributed by atoms with Crippen molar-refractivity contribution in [3.8, 4) is 0 Å². The van der Waals surface area contributed by atoms with Crippen molar-refractivity contribution < 1.29 is 9.90 Å². The number of benzene rings is 1. The molecule has 0 aromatic heterocycles. The zero-order valence-electron chi connectivity index (χ0n) is 9.73. The SMILES string of the molecule is Nc1ccc(C(=O)N[C@H]2CCCC[C@@H]2O)cc1. The molecular formula is C13H18N2O2. The molecule has 0 spiro atoms. The largest absolute Gasteiger partial charge is 0.399 e. The molecule has 0 unspecified atom stereocenters. The van der Waals surface area contributed by atoms with Gasteiger partial charge in [0.1, 0.15) is 0 Å². The summed E-state index contributed by atoms with van der Waals surface area (Å²) >= 11 is 0. The topological polar surface area (TPSA) is 75.4 Å². The van der Waals surface area contributed by atoms with Crippen molar-refractivity contribution in [1.82, 2.24) is 5.32 Å². The minimum Gasteiger partial charge on any atom is -0.399 e. The molecular weight excluding hydrogens is 216 g/mol. The van der Waals surface area contributed by atoms with Crippen molar-refractivity contribution in [2.45, 2.75) is 37.8 Å². The van der Waals surface area contributed by atoms with Crippen LogP contribution in [0.15, 0.2) is 24.3 Å². The van der Waals surface area contributed by atoms with Gasteiger partial charge in [0.15, 0.2) is 0 Å². The van der Waals surface area contributed by atoms with Crippen molar-refractivity contribution in [2.75, 3.05) is 5.73 Å². The first kappa shape index (κ1) is 11.9. The number of hydrogen-bond donors (Lipinski definition) is 3. The maximum Gasteiger partial charge on any atom is 0.251 e. The molecule has 1 aromatic rings. The smallest absolute Gasteiger partial charge is 0.251 e. The molecule has 0 aliphatic heterocycles. The lowest BCUT2D eigenvalue weighted by Gasteiger charge is -2.28. The lowest BCUT2D eigenvalue weighted by molar-refractivity contribution is 0.0717. The first-order chi connectivity index (χ1) is 8.16. The van der Waals surface area contributed by atoms with E-state index in [0.29, 0.717) is 11.3 Å². The van der Waals surface area contributed by atoms with Crippen LogP contribution in [0.4, 0.5) is 5.69 Å². The number of carbonyl (C=O) groups excluding carboxylic acids is 1. The Hall–Kier alpha value is -1.55. The third kappa shape index (κ3) is 2.97. The molecule has 4 heteroatoms. The monoisotopic (exact) mass is 234 g/mol. The summed E-state index contributed by atoms with van der Waals surface area (Å²) in [6, 6.07) is 6.67. The molecule has 1 amide bonds. The number of nitrogens with two attached hydrogens (primary N) is 1. The van der Waals surface area contributed by atoms with Gasteiger partial charge in [0.2, 0.25) is 0 Å². The summed E-state index contributed by atoms with van der Waals surface area (Å²) in [6.45, 7) is 0. The predicted molar refractivity (Wildman–Crippen MR) is 66.6 cm³/mol. The molecule has 2 rings (SSSR count). The lowest BCUT2D eigenvalue weighted by Crippen LogP contribution is -2.45. The zero-order chi connectivity index (χ0) is 12.3. The van der Waals surface area contributed by atoms with E-state index in [4.69, 9.17) is 5.73 Å². The number of nitrogen functional groups attached to an aromatic ring is 1. The van der Waals surface area contributed by atoms with Gasteiger partial charge >= 0.3 is 0 Å². The van der Waals surface area contributed by atoms with E-state index in [1.54, 1.807) is 24.3 Å². The highest BCUT2D eigenvalue weighted by molar-refractivity contribution is 5.94. The Labute approximate surface area is 101 Å². The standard InChI is InChI=1S/C13H18N2O2/c14-10-7-5-9(6-8-10)13(17)15-11-3-1-2-4-12(11)16/h5-8,11-12,16H,1-4,14H2,(H,15,17)/t11-,12-/m0/s1. The number of aliphatic hydroxyl groups excluding tert-OH is 1. The van der Waals surface area contributed by atoms with Gasteiger partial charge in [-0.05, 0) is 37.1 Å². The predicted octanol–water partition coefficient (Wildman–Crippen LogP) is 1.30. The Morgan fingerprint density at radius 2 is 1.88 bits per heavy atom. The third-order valence-electron chi connectivity index (χ3n) is 3.22. The van der Waals surface area contributed by atoms with Crippen LogP contribution < -0.4 is 11.1 Å². The summed E-state index contributed by atoms with van der Waals surface area (Å²) in [5.41, 5.74) is 6.78. The van der Waals surface area contributed by atoms with Gasteiger partial charge in [-0.3, -0.25) is 4.79 Å². The molecule has 4 nitrogen and oxygen atoms in total. The molecule has 1 aliphatic rings. The summed E-state index contributed by atoms with van der Waals surface area (Å²) in [4.78, 5) is 11.9. The Balaban J connectivity index is 1.98. The number of rotatable bonds is 2. The van der Waals surface area contributed by atoms with Gasteiger partial charge in [-0.15, -0.1) is 0 Å². The van der Waals surface area contributed by atoms with Crippen molar-refractivity contribution in [2.24, 2.45) is 0 Å². The summed E-state index contributed by atoms with van der Waals surface area (Å²) < 4.78 is 0. The van der Waals surface area contributed by atoms with Gasteiger partial charge < -0.3 is 16.2 Å². The fraction of sp³-hybridized carbons (Fsp3) is 0.462. The van der Waals surface area contributed by atoms with Gasteiger partial charge in [0, 0.05) is 11.3 Å². The first-order valence-corrected chi connectivity index (χ1v) is 6.01. The fourth-order valence-electron chi connectivity index (χ4n) is 2.17. The number of nitrogens with one attached hydrogen (secondary N) is 1. The third-order valence-corrected chi connectivity index (χ3v) is 3.22. The summed E-state index contributed by atoms with van der Waals surface area (Å²) in [7, 11) is 0. The van der Waals surface area contributed by atoms with Crippen LogP contribution in [0, 0.1) is 0 Å². The van der Waals surface area contributed by atoms with Crippen molar-refractivity contribution in [3.05, 3.63) is 29.8 Å². The molecule has 4 N–H and O–H groups in total. The fourth-order valence-corrected chi connectivity index (χ4v) is 2.17. The van der Waals surface area contributed by atoms with Crippen LogP contribution in [0.1, 0.15) is 36.0 Å². The van der Waals surface area contributed by atoms with E-state index in [-0.39, 0.29) is 11.9 Å². The molecule has 1 saturated carbocycles. The normalized spacial score (nSPS) is 24.3. The minimum atomic E-state index is -0.415. The summed E-state index contributed by atoms with van der Waals surface area (Å²) in [5.74, 6) is -0.143. The van der Waals surface area contributed by atoms with Crippen LogP contribution in [0.3, 0.4) is 0 Å². The average molecular weight is 234 g/mol. The second kappa shape index (κ2) is 5.19. The van der Waals surface area contributed by atoms with Crippen LogP contribution in [0.5, 0.6) is 0 Å². The highest BCUT2D eigenvalue weighted by atomic mass is 16.3. The lowest BCUT2D eigenvalue weighted by atomic mass is 9.92. The maximum atomic E-state index is 11.9. The van der Waals surface area contributed by atoms with Crippen LogP contribution in [0.25, 0.3) is 0 Å². The molecule has 2 atom stereocenters. The second-order valence-corrected chi connectivity index (χ2v) is 4.55. The maximum absolute atomic E-state index is 11.9. The molecule has 0 saturated heterocycles. The Morgan fingerprint density at radius 1 is 1.24 bits per heavy atom. The Kier molecular flexibility index (Phi) is 3.64. The van der Waals surface area contributed by atoms with E-state index in [0.717, 1.165) is 25.7 Å². The van der Waals surface area contributed by atoms with Gasteiger partial charge in [0.05, 0.1) is 12.1 Å². The number of hydrogen-bond acceptors (Lipinski definition) is 3. The number of amides is 1. The summed E-state index contributed by atoms with van der Waals surface area (Å²) in [6.07, 6.45) is 3.30. The van der Waals surface area contributed by atoms with Crippen LogP contribution in [-0.4, -0.2) is 23.2 Å². The van der Waals surface area contributed by atoms with E-state index >= 15 is 0 Å². The van der Waals surface area contributed by atoms with Crippen LogP contribution >= 0.6 is 0 Å². The molecule has 0 bridgehead atoms. The Morgan fingerprint density at radius 3 is 2.53 bits per heavy atom. The Bertz CT molecular complexity index is 389. The van der Waals surface area contributed by atoms with Crippen molar-refractivity contribution >= 4 is 11.6 Å². The second-order valence-electron chi connectivity index (χ2n) is 4.55. The first-order valence-electron chi connectivity index (χ1n) is 6.01. The molecule has 1 aliphatic carbocycles. The van der Waals surface area contributed by atoms with E-state index in [1.165, 1.54) is 0 Å². The molecule has 1 aromatic carbocycles. The van der Waals surface area contributed by atoms with Crippen molar-refractivity contribution in [1.29, 1.82) is 0 Å². The zero-order valence-corrected chi connectivity index (χ0v) is 9.73. The number of anilines is 1. The minimum absolute atomic E-state index is 0.117. The van der Waals surface area contributed by atoms with E-state index in [9.17, 15) is 9.90 Å². The van der Waals surface area contributed by atoms with E-state index < -0.39 is 6.10 Å².